The van der Waals surface area contributed by atoms with Crippen molar-refractivity contribution in [2.75, 3.05) is 12.4 Å². The first-order valence-electron chi connectivity index (χ1n) is 7.01. The Labute approximate surface area is 127 Å². The molecule has 21 heavy (non-hydrogen) atoms. The van der Waals surface area contributed by atoms with Crippen LogP contribution in [0.2, 0.25) is 0 Å². The second-order valence-corrected chi connectivity index (χ2v) is 6.13. The van der Waals surface area contributed by atoms with Gasteiger partial charge in [0.1, 0.15) is 10.8 Å². The molecule has 1 heterocycles. The van der Waals surface area contributed by atoms with Gasteiger partial charge in [0.2, 0.25) is 11.0 Å². The van der Waals surface area contributed by atoms with Gasteiger partial charge in [0, 0.05) is 12.3 Å². The summed E-state index contributed by atoms with van der Waals surface area (Å²) in [5.74, 6) is 1.38. The predicted molar refractivity (Wildman–Crippen MR) is 81.8 cm³/mol. The number of aromatic nitrogens is 2. The van der Waals surface area contributed by atoms with E-state index in [2.05, 4.69) is 15.5 Å². The van der Waals surface area contributed by atoms with Gasteiger partial charge >= 0.3 is 0 Å². The van der Waals surface area contributed by atoms with Crippen LogP contribution in [0.5, 0.6) is 5.75 Å². The number of hydrogen-bond acceptors (Lipinski definition) is 5. The topological polar surface area (TPSA) is 64.1 Å². The van der Waals surface area contributed by atoms with E-state index in [1.165, 1.54) is 24.2 Å². The Balaban J connectivity index is 1.48. The summed E-state index contributed by atoms with van der Waals surface area (Å²) in [6.45, 7) is 0. The molecule has 1 amide bonds. The monoisotopic (exact) mass is 303 g/mol. The summed E-state index contributed by atoms with van der Waals surface area (Å²) in [5.41, 5.74) is 1.11. The van der Waals surface area contributed by atoms with Crippen LogP contribution < -0.4 is 10.1 Å². The van der Waals surface area contributed by atoms with Crippen LogP contribution in [0.3, 0.4) is 0 Å². The maximum Gasteiger partial charge on any atom is 0.226 e. The fraction of sp³-hybridized carbons (Fsp3) is 0.400. The number of hydrogen-bond donors (Lipinski definition) is 1. The van der Waals surface area contributed by atoms with E-state index in [0.717, 1.165) is 16.3 Å². The molecule has 0 atom stereocenters. The van der Waals surface area contributed by atoms with Gasteiger partial charge in [-0.15, -0.1) is 10.2 Å². The van der Waals surface area contributed by atoms with E-state index in [-0.39, 0.29) is 5.91 Å². The van der Waals surface area contributed by atoms with Gasteiger partial charge in [0.05, 0.1) is 7.11 Å². The average Bonchev–Trinajstić information content (AvgIpc) is 3.26. The molecule has 0 radical (unpaired) electrons. The Morgan fingerprint density at radius 2 is 2.10 bits per heavy atom. The van der Waals surface area contributed by atoms with Crippen molar-refractivity contribution in [1.29, 1.82) is 0 Å². The van der Waals surface area contributed by atoms with Crippen LogP contribution in [-0.2, 0) is 11.2 Å². The molecular weight excluding hydrogens is 286 g/mol. The van der Waals surface area contributed by atoms with Gasteiger partial charge in [-0.2, -0.15) is 0 Å². The number of rotatable bonds is 6. The van der Waals surface area contributed by atoms with Crippen LogP contribution in [0, 0.1) is 0 Å². The molecule has 110 valence electrons. The number of amides is 1. The molecule has 1 aromatic heterocycles. The minimum absolute atomic E-state index is 0.0238. The second-order valence-electron chi connectivity index (χ2n) is 5.12. The number of nitrogens with zero attached hydrogens (tertiary/aromatic N) is 2. The highest BCUT2D eigenvalue weighted by Crippen LogP contribution is 2.42. The molecule has 0 spiro atoms. The lowest BCUT2D eigenvalue weighted by Gasteiger charge is -2.03. The Morgan fingerprint density at radius 1 is 1.33 bits per heavy atom. The van der Waals surface area contributed by atoms with Crippen LogP contribution in [0.15, 0.2) is 24.3 Å². The SMILES string of the molecule is COc1ccc(CCC(=O)Nc2nnc(C3CC3)s2)cc1. The second kappa shape index (κ2) is 6.22. The molecule has 1 aliphatic carbocycles. The van der Waals surface area contributed by atoms with Crippen molar-refractivity contribution in [3.63, 3.8) is 0 Å². The Bertz CT molecular complexity index is 620. The van der Waals surface area contributed by atoms with Gasteiger partial charge in [0.25, 0.3) is 0 Å². The third-order valence-electron chi connectivity index (χ3n) is 3.41. The molecule has 0 saturated heterocycles. The fourth-order valence-corrected chi connectivity index (χ4v) is 2.94. The molecule has 6 heteroatoms. The summed E-state index contributed by atoms with van der Waals surface area (Å²) in [6.07, 6.45) is 3.52. The van der Waals surface area contributed by atoms with Crippen molar-refractivity contribution in [1.82, 2.24) is 10.2 Å². The predicted octanol–water partition coefficient (Wildman–Crippen LogP) is 3.00. The Kier molecular flexibility index (Phi) is 4.15. The Morgan fingerprint density at radius 3 is 2.76 bits per heavy atom. The van der Waals surface area contributed by atoms with Crippen LogP contribution in [0.1, 0.15) is 35.8 Å². The zero-order valence-electron chi connectivity index (χ0n) is 11.8. The standard InChI is InChI=1S/C15H17N3O2S/c1-20-12-7-2-10(3-8-12)4-9-13(19)16-15-18-17-14(21-15)11-5-6-11/h2-3,7-8,11H,4-6,9H2,1H3,(H,16,18,19). The number of anilines is 1. The molecule has 0 bridgehead atoms. The summed E-state index contributed by atoms with van der Waals surface area (Å²) in [6, 6.07) is 7.75. The van der Waals surface area contributed by atoms with Gasteiger partial charge in [-0.05, 0) is 37.0 Å². The van der Waals surface area contributed by atoms with E-state index in [9.17, 15) is 4.79 Å². The number of methoxy groups -OCH3 is 1. The number of carbonyl (C=O) groups excluding carboxylic acids is 1. The molecule has 1 aromatic carbocycles. The summed E-state index contributed by atoms with van der Waals surface area (Å²) in [5, 5.41) is 12.6. The van der Waals surface area contributed by atoms with Crippen molar-refractivity contribution in [2.45, 2.75) is 31.6 Å². The number of ether oxygens (including phenoxy) is 1. The van der Waals surface area contributed by atoms with Crippen molar-refractivity contribution in [3.8, 4) is 5.75 Å². The highest BCUT2D eigenvalue weighted by molar-refractivity contribution is 7.15. The molecule has 1 fully saturated rings. The highest BCUT2D eigenvalue weighted by atomic mass is 32.1. The molecule has 1 N–H and O–H groups in total. The molecule has 0 aliphatic heterocycles. The lowest BCUT2D eigenvalue weighted by Crippen LogP contribution is -2.12. The first-order valence-corrected chi connectivity index (χ1v) is 7.82. The van der Waals surface area contributed by atoms with Crippen molar-refractivity contribution in [2.24, 2.45) is 0 Å². The van der Waals surface area contributed by atoms with Crippen LogP contribution >= 0.6 is 11.3 Å². The third kappa shape index (κ3) is 3.78. The third-order valence-corrected chi connectivity index (χ3v) is 4.41. The van der Waals surface area contributed by atoms with E-state index in [0.29, 0.717) is 23.9 Å². The summed E-state index contributed by atoms with van der Waals surface area (Å²) >= 11 is 1.49. The van der Waals surface area contributed by atoms with Crippen LogP contribution in [0.4, 0.5) is 5.13 Å². The largest absolute Gasteiger partial charge is 0.497 e. The van der Waals surface area contributed by atoms with Gasteiger partial charge in [0.15, 0.2) is 0 Å². The molecule has 1 saturated carbocycles. The lowest BCUT2D eigenvalue weighted by molar-refractivity contribution is -0.116. The van der Waals surface area contributed by atoms with Gasteiger partial charge in [-0.3, -0.25) is 4.79 Å². The number of carbonyl (C=O) groups is 1. The zero-order chi connectivity index (χ0) is 14.7. The highest BCUT2D eigenvalue weighted by Gasteiger charge is 2.27. The smallest absolute Gasteiger partial charge is 0.226 e. The van der Waals surface area contributed by atoms with Gasteiger partial charge in [-0.1, -0.05) is 23.5 Å². The van der Waals surface area contributed by atoms with E-state index >= 15 is 0 Å². The summed E-state index contributed by atoms with van der Waals surface area (Å²) in [7, 11) is 1.64. The van der Waals surface area contributed by atoms with Crippen LogP contribution in [0.25, 0.3) is 0 Å². The number of aryl methyl sites for hydroxylation is 1. The van der Waals surface area contributed by atoms with Crippen molar-refractivity contribution >= 4 is 22.4 Å². The normalized spacial score (nSPS) is 14.0. The molecule has 3 rings (SSSR count). The first kappa shape index (κ1) is 14.0. The van der Waals surface area contributed by atoms with Gasteiger partial charge in [-0.25, -0.2) is 0 Å². The number of benzene rings is 1. The van der Waals surface area contributed by atoms with Crippen molar-refractivity contribution in [3.05, 3.63) is 34.8 Å². The van der Waals surface area contributed by atoms with E-state index in [4.69, 9.17) is 4.74 Å². The quantitative estimate of drug-likeness (QED) is 0.891. The molecule has 1 aliphatic rings. The maximum absolute atomic E-state index is 11.9. The minimum Gasteiger partial charge on any atom is -0.497 e. The van der Waals surface area contributed by atoms with E-state index in [1.807, 2.05) is 24.3 Å². The lowest BCUT2D eigenvalue weighted by atomic mass is 10.1. The molecular formula is C15H17N3O2S. The van der Waals surface area contributed by atoms with E-state index in [1.54, 1.807) is 7.11 Å². The molecule has 5 nitrogen and oxygen atoms in total. The van der Waals surface area contributed by atoms with Gasteiger partial charge < -0.3 is 10.1 Å². The summed E-state index contributed by atoms with van der Waals surface area (Å²) < 4.78 is 5.11. The van der Waals surface area contributed by atoms with E-state index < -0.39 is 0 Å². The zero-order valence-corrected chi connectivity index (χ0v) is 12.7. The molecule has 0 unspecified atom stereocenters. The van der Waals surface area contributed by atoms with Crippen molar-refractivity contribution < 1.29 is 9.53 Å². The first-order chi connectivity index (χ1) is 10.2. The average molecular weight is 303 g/mol. The summed E-state index contributed by atoms with van der Waals surface area (Å²) in [4.78, 5) is 11.9. The maximum atomic E-state index is 11.9. The number of nitrogens with one attached hydrogen (secondary N) is 1. The Hall–Kier alpha value is -1.95. The molecule has 2 aromatic rings. The fourth-order valence-electron chi connectivity index (χ4n) is 2.01. The van der Waals surface area contributed by atoms with Crippen LogP contribution in [-0.4, -0.2) is 23.2 Å². The minimum atomic E-state index is -0.0238.